The van der Waals surface area contributed by atoms with Crippen LogP contribution in [0.4, 0.5) is 0 Å². The molecule has 4 heteroatoms. The minimum Gasteiger partial charge on any atom is -0.329 e. The number of aryl methyl sites for hydroxylation is 1. The molecule has 3 N–H and O–H groups in total. The second-order valence-electron chi connectivity index (χ2n) is 3.86. The minimum atomic E-state index is 0.200. The lowest BCUT2D eigenvalue weighted by Crippen LogP contribution is -2.28. The Morgan fingerprint density at radius 3 is 3.12 bits per heavy atom. The minimum absolute atomic E-state index is 0.200. The Hall–Kier alpha value is -1.13. The van der Waals surface area contributed by atoms with Crippen LogP contribution in [0.15, 0.2) is 25.0 Å². The molecule has 0 saturated carbocycles. The predicted molar refractivity (Wildman–Crippen MR) is 67.1 cm³/mol. The quantitative estimate of drug-likeness (QED) is 0.517. The molecule has 0 spiro atoms. The zero-order valence-electron chi connectivity index (χ0n) is 10.0. The highest BCUT2D eigenvalue weighted by atomic mass is 15.3. The second-order valence-corrected chi connectivity index (χ2v) is 3.86. The van der Waals surface area contributed by atoms with Gasteiger partial charge in [-0.05, 0) is 19.4 Å². The normalized spacial score (nSPS) is 12.6. The first-order chi connectivity index (χ1) is 7.81. The molecule has 90 valence electrons. The van der Waals surface area contributed by atoms with Crippen molar-refractivity contribution in [1.29, 1.82) is 0 Å². The van der Waals surface area contributed by atoms with Crippen molar-refractivity contribution in [3.63, 3.8) is 0 Å². The third-order valence-electron chi connectivity index (χ3n) is 2.48. The molecule has 0 radical (unpaired) electrons. The van der Waals surface area contributed by atoms with E-state index >= 15 is 0 Å². The summed E-state index contributed by atoms with van der Waals surface area (Å²) in [7, 11) is 0. The maximum atomic E-state index is 5.74. The molecular weight excluding hydrogens is 200 g/mol. The maximum absolute atomic E-state index is 5.74. The fourth-order valence-corrected chi connectivity index (χ4v) is 1.61. The van der Waals surface area contributed by atoms with E-state index in [1.54, 1.807) is 0 Å². The molecule has 0 aliphatic heterocycles. The number of rotatable bonds is 8. The third kappa shape index (κ3) is 3.79. The summed E-state index contributed by atoms with van der Waals surface area (Å²) in [5.74, 6) is 0. The van der Waals surface area contributed by atoms with Crippen LogP contribution in [0.5, 0.6) is 0 Å². The molecule has 0 bridgehead atoms. The van der Waals surface area contributed by atoms with E-state index in [0.717, 1.165) is 25.9 Å². The van der Waals surface area contributed by atoms with Gasteiger partial charge in [-0.2, -0.15) is 5.10 Å². The lowest BCUT2D eigenvalue weighted by molar-refractivity contribution is 0.546. The first-order valence-electron chi connectivity index (χ1n) is 5.88. The largest absolute Gasteiger partial charge is 0.329 e. The van der Waals surface area contributed by atoms with Gasteiger partial charge in [-0.1, -0.05) is 13.0 Å². The van der Waals surface area contributed by atoms with E-state index in [0.29, 0.717) is 6.54 Å². The van der Waals surface area contributed by atoms with Crippen LogP contribution in [0.1, 0.15) is 31.4 Å². The molecule has 1 heterocycles. The first kappa shape index (κ1) is 12.9. The number of nitrogens with two attached hydrogens (primary N) is 1. The molecule has 4 nitrogen and oxygen atoms in total. The van der Waals surface area contributed by atoms with Gasteiger partial charge in [-0.25, -0.2) is 0 Å². The lowest BCUT2D eigenvalue weighted by atomic mass is 10.1. The average molecular weight is 222 g/mol. The summed E-state index contributed by atoms with van der Waals surface area (Å²) in [6, 6.07) is 0.200. The van der Waals surface area contributed by atoms with E-state index in [4.69, 9.17) is 5.73 Å². The highest BCUT2D eigenvalue weighted by molar-refractivity contribution is 5.10. The van der Waals surface area contributed by atoms with E-state index in [1.165, 1.54) is 5.56 Å². The molecule has 0 amide bonds. The smallest absolute Gasteiger partial charge is 0.0538 e. The van der Waals surface area contributed by atoms with Crippen molar-refractivity contribution in [2.24, 2.45) is 5.73 Å². The molecule has 1 atom stereocenters. The van der Waals surface area contributed by atoms with Gasteiger partial charge in [0.25, 0.3) is 0 Å². The average Bonchev–Trinajstić information content (AvgIpc) is 2.74. The summed E-state index contributed by atoms with van der Waals surface area (Å²) < 4.78 is 1.97. The van der Waals surface area contributed by atoms with Gasteiger partial charge in [0.1, 0.15) is 0 Å². The monoisotopic (exact) mass is 222 g/mol. The van der Waals surface area contributed by atoms with Crippen LogP contribution >= 0.6 is 0 Å². The fourth-order valence-electron chi connectivity index (χ4n) is 1.61. The summed E-state index contributed by atoms with van der Waals surface area (Å²) in [5.41, 5.74) is 6.91. The van der Waals surface area contributed by atoms with Crippen molar-refractivity contribution in [1.82, 2.24) is 15.1 Å². The van der Waals surface area contributed by atoms with Crippen LogP contribution < -0.4 is 11.1 Å². The topological polar surface area (TPSA) is 55.9 Å². The van der Waals surface area contributed by atoms with E-state index in [9.17, 15) is 0 Å². The zero-order valence-corrected chi connectivity index (χ0v) is 10.0. The molecule has 16 heavy (non-hydrogen) atoms. The fraction of sp³-hybridized carbons (Fsp3) is 0.583. The maximum Gasteiger partial charge on any atom is 0.0538 e. The first-order valence-corrected chi connectivity index (χ1v) is 5.88. The van der Waals surface area contributed by atoms with Gasteiger partial charge in [0.15, 0.2) is 0 Å². The van der Waals surface area contributed by atoms with E-state index in [1.807, 2.05) is 17.0 Å². The van der Waals surface area contributed by atoms with Crippen molar-refractivity contribution >= 4 is 0 Å². The predicted octanol–water partition coefficient (Wildman–Crippen LogP) is 1.46. The number of nitrogens with zero attached hydrogens (tertiary/aromatic N) is 2. The van der Waals surface area contributed by atoms with Gasteiger partial charge in [0, 0.05) is 30.9 Å². The SMILES string of the molecule is C=CCCNC(CN)c1cnn(CCC)c1. The van der Waals surface area contributed by atoms with E-state index in [-0.39, 0.29) is 6.04 Å². The zero-order chi connectivity index (χ0) is 11.8. The van der Waals surface area contributed by atoms with Crippen molar-refractivity contribution in [3.05, 3.63) is 30.6 Å². The number of aromatic nitrogens is 2. The van der Waals surface area contributed by atoms with Crippen LogP contribution in [0.2, 0.25) is 0 Å². The highest BCUT2D eigenvalue weighted by Crippen LogP contribution is 2.10. The Bertz CT molecular complexity index is 306. The standard InChI is InChI=1S/C12H22N4/c1-3-5-6-14-12(8-13)11-9-15-16(10-11)7-4-2/h3,9-10,12,14H,1,4-8,13H2,2H3. The van der Waals surface area contributed by atoms with Crippen LogP contribution in [0, 0.1) is 0 Å². The molecule has 1 rings (SSSR count). The molecule has 0 aliphatic carbocycles. The second kappa shape index (κ2) is 7.19. The van der Waals surface area contributed by atoms with Crippen molar-refractivity contribution < 1.29 is 0 Å². The molecule has 1 aromatic heterocycles. The molecule has 1 unspecified atom stereocenters. The Labute approximate surface area is 97.5 Å². The van der Waals surface area contributed by atoms with Gasteiger partial charge >= 0.3 is 0 Å². The molecule has 1 aromatic rings. The van der Waals surface area contributed by atoms with Crippen molar-refractivity contribution in [2.75, 3.05) is 13.1 Å². The number of hydrogen-bond acceptors (Lipinski definition) is 3. The molecular formula is C12H22N4. The molecule has 0 fully saturated rings. The summed E-state index contributed by atoms with van der Waals surface area (Å²) >= 11 is 0. The Kier molecular flexibility index (Phi) is 5.82. The van der Waals surface area contributed by atoms with E-state index < -0.39 is 0 Å². The van der Waals surface area contributed by atoms with Crippen LogP contribution in [-0.4, -0.2) is 22.9 Å². The van der Waals surface area contributed by atoms with Crippen LogP contribution in [-0.2, 0) is 6.54 Å². The highest BCUT2D eigenvalue weighted by Gasteiger charge is 2.10. The molecule has 0 aromatic carbocycles. The van der Waals surface area contributed by atoms with Gasteiger partial charge < -0.3 is 11.1 Å². The number of hydrogen-bond donors (Lipinski definition) is 2. The molecule has 0 saturated heterocycles. The van der Waals surface area contributed by atoms with Crippen LogP contribution in [0.25, 0.3) is 0 Å². The van der Waals surface area contributed by atoms with E-state index in [2.05, 4.69) is 30.1 Å². The summed E-state index contributed by atoms with van der Waals surface area (Å²) in [4.78, 5) is 0. The summed E-state index contributed by atoms with van der Waals surface area (Å²) in [5, 5.41) is 7.70. The van der Waals surface area contributed by atoms with Crippen molar-refractivity contribution in [3.8, 4) is 0 Å². The van der Waals surface area contributed by atoms with Crippen molar-refractivity contribution in [2.45, 2.75) is 32.4 Å². The lowest BCUT2D eigenvalue weighted by Gasteiger charge is -2.14. The summed E-state index contributed by atoms with van der Waals surface area (Å²) in [6.45, 7) is 8.30. The van der Waals surface area contributed by atoms with Gasteiger partial charge in [0.2, 0.25) is 0 Å². The molecule has 0 aliphatic rings. The number of nitrogens with one attached hydrogen (secondary N) is 1. The Balaban J connectivity index is 2.52. The third-order valence-corrected chi connectivity index (χ3v) is 2.48. The van der Waals surface area contributed by atoms with Crippen LogP contribution in [0.3, 0.4) is 0 Å². The van der Waals surface area contributed by atoms with Gasteiger partial charge in [0.05, 0.1) is 6.20 Å². The van der Waals surface area contributed by atoms with Gasteiger partial charge in [-0.3, -0.25) is 4.68 Å². The Morgan fingerprint density at radius 1 is 1.69 bits per heavy atom. The Morgan fingerprint density at radius 2 is 2.50 bits per heavy atom. The van der Waals surface area contributed by atoms with Gasteiger partial charge in [-0.15, -0.1) is 6.58 Å². The summed E-state index contributed by atoms with van der Waals surface area (Å²) in [6.07, 6.45) is 7.93.